The first-order valence-corrected chi connectivity index (χ1v) is 5.14. The van der Waals surface area contributed by atoms with Crippen LogP contribution in [0, 0.1) is 5.92 Å². The fourth-order valence-electron chi connectivity index (χ4n) is 1.85. The molecule has 0 aromatic heterocycles. The van der Waals surface area contributed by atoms with Gasteiger partial charge in [-0.3, -0.25) is 4.79 Å². The van der Waals surface area contributed by atoms with Crippen LogP contribution in [0.3, 0.4) is 0 Å². The fourth-order valence-corrected chi connectivity index (χ4v) is 1.85. The molecule has 1 heterocycles. The number of hydrogen-bond donors (Lipinski definition) is 2. The molecule has 1 saturated heterocycles. The van der Waals surface area contributed by atoms with E-state index in [1.165, 1.54) is 0 Å². The molecule has 14 heavy (non-hydrogen) atoms. The van der Waals surface area contributed by atoms with E-state index >= 15 is 0 Å². The third-order valence-corrected chi connectivity index (χ3v) is 2.72. The smallest absolute Gasteiger partial charge is 0.308 e. The third-order valence-electron chi connectivity index (χ3n) is 2.72. The van der Waals surface area contributed by atoms with Crippen LogP contribution in [0.4, 0.5) is 0 Å². The van der Waals surface area contributed by atoms with Crippen LogP contribution >= 0.6 is 0 Å². The van der Waals surface area contributed by atoms with E-state index in [9.17, 15) is 4.79 Å². The van der Waals surface area contributed by atoms with Crippen LogP contribution in [-0.2, 0) is 9.53 Å². The zero-order valence-electron chi connectivity index (χ0n) is 8.77. The van der Waals surface area contributed by atoms with Crippen molar-refractivity contribution in [2.24, 2.45) is 11.7 Å². The van der Waals surface area contributed by atoms with Gasteiger partial charge in [0.1, 0.15) is 0 Å². The van der Waals surface area contributed by atoms with Gasteiger partial charge in [0.25, 0.3) is 0 Å². The molecule has 0 bridgehead atoms. The maximum atomic E-state index is 10.7. The Kier molecular flexibility index (Phi) is 3.89. The van der Waals surface area contributed by atoms with E-state index in [4.69, 9.17) is 15.6 Å². The van der Waals surface area contributed by atoms with Gasteiger partial charge in [-0.15, -0.1) is 0 Å². The lowest BCUT2D eigenvalue weighted by atomic mass is 10.0. The average Bonchev–Trinajstić information content (AvgIpc) is 2.50. The summed E-state index contributed by atoms with van der Waals surface area (Å²) in [7, 11) is 0. The quantitative estimate of drug-likeness (QED) is 0.711. The van der Waals surface area contributed by atoms with E-state index in [2.05, 4.69) is 0 Å². The SMILES string of the molecule is CC(C(=O)O)C1CC[C@@H](C[C@H](C)N)O1. The summed E-state index contributed by atoms with van der Waals surface area (Å²) in [6, 6.07) is 0.124. The van der Waals surface area contributed by atoms with Crippen LogP contribution in [0.5, 0.6) is 0 Å². The second kappa shape index (κ2) is 4.75. The van der Waals surface area contributed by atoms with Gasteiger partial charge in [0.05, 0.1) is 18.1 Å². The van der Waals surface area contributed by atoms with Crippen molar-refractivity contribution in [2.45, 2.75) is 51.4 Å². The summed E-state index contributed by atoms with van der Waals surface area (Å²) in [5.74, 6) is -1.19. The highest BCUT2D eigenvalue weighted by Gasteiger charge is 2.32. The lowest BCUT2D eigenvalue weighted by molar-refractivity contribution is -0.146. The summed E-state index contributed by atoms with van der Waals surface area (Å²) >= 11 is 0. The van der Waals surface area contributed by atoms with Crippen LogP contribution in [0.15, 0.2) is 0 Å². The number of carboxylic acids is 1. The first-order valence-electron chi connectivity index (χ1n) is 5.14. The summed E-state index contributed by atoms with van der Waals surface area (Å²) < 4.78 is 5.63. The van der Waals surface area contributed by atoms with Crippen LogP contribution in [-0.4, -0.2) is 29.3 Å². The molecule has 1 aliphatic heterocycles. The number of nitrogens with two attached hydrogens (primary N) is 1. The maximum Gasteiger partial charge on any atom is 0.308 e. The van der Waals surface area contributed by atoms with Crippen molar-refractivity contribution in [1.29, 1.82) is 0 Å². The molecule has 0 aromatic carbocycles. The zero-order valence-corrected chi connectivity index (χ0v) is 8.77. The lowest BCUT2D eigenvalue weighted by Gasteiger charge is -2.17. The molecule has 0 amide bonds. The van der Waals surface area contributed by atoms with Crippen molar-refractivity contribution >= 4 is 5.97 Å². The Bertz CT molecular complexity index is 206. The molecule has 1 rings (SSSR count). The van der Waals surface area contributed by atoms with E-state index in [1.807, 2.05) is 6.92 Å². The van der Waals surface area contributed by atoms with Gasteiger partial charge < -0.3 is 15.6 Å². The Labute approximate surface area is 84.4 Å². The number of rotatable bonds is 4. The number of hydrogen-bond acceptors (Lipinski definition) is 3. The molecule has 1 aliphatic rings. The highest BCUT2D eigenvalue weighted by atomic mass is 16.5. The molecule has 4 heteroatoms. The van der Waals surface area contributed by atoms with Gasteiger partial charge in [-0.25, -0.2) is 0 Å². The van der Waals surface area contributed by atoms with E-state index in [-0.39, 0.29) is 18.2 Å². The predicted octanol–water partition coefficient (Wildman–Crippen LogP) is 0.992. The molecule has 1 fully saturated rings. The Balaban J connectivity index is 2.37. The molecular weight excluding hydrogens is 182 g/mol. The van der Waals surface area contributed by atoms with Gasteiger partial charge in [-0.2, -0.15) is 0 Å². The average molecular weight is 201 g/mol. The minimum Gasteiger partial charge on any atom is -0.481 e. The Morgan fingerprint density at radius 1 is 1.57 bits per heavy atom. The molecule has 4 nitrogen and oxygen atoms in total. The number of carboxylic acid groups (broad SMARTS) is 1. The highest BCUT2D eigenvalue weighted by molar-refractivity contribution is 5.70. The largest absolute Gasteiger partial charge is 0.481 e. The zero-order chi connectivity index (χ0) is 10.7. The minimum atomic E-state index is -0.781. The molecule has 0 aliphatic carbocycles. The van der Waals surface area contributed by atoms with E-state index in [0.29, 0.717) is 0 Å². The predicted molar refractivity (Wildman–Crippen MR) is 53.0 cm³/mol. The molecule has 82 valence electrons. The van der Waals surface area contributed by atoms with Crippen molar-refractivity contribution in [1.82, 2.24) is 0 Å². The van der Waals surface area contributed by atoms with Crippen molar-refractivity contribution in [3.63, 3.8) is 0 Å². The van der Waals surface area contributed by atoms with Gasteiger partial charge in [0.2, 0.25) is 0 Å². The summed E-state index contributed by atoms with van der Waals surface area (Å²) in [4.78, 5) is 10.7. The highest BCUT2D eigenvalue weighted by Crippen LogP contribution is 2.27. The Hall–Kier alpha value is -0.610. The fraction of sp³-hybridized carbons (Fsp3) is 0.900. The first-order chi connectivity index (χ1) is 6.50. The minimum absolute atomic E-state index is 0.124. The summed E-state index contributed by atoms with van der Waals surface area (Å²) in [5, 5.41) is 8.81. The van der Waals surface area contributed by atoms with Gasteiger partial charge >= 0.3 is 5.97 Å². The number of carbonyl (C=O) groups is 1. The van der Waals surface area contributed by atoms with Gasteiger partial charge in [-0.1, -0.05) is 0 Å². The summed E-state index contributed by atoms with van der Waals surface area (Å²) in [6.45, 7) is 3.64. The van der Waals surface area contributed by atoms with Crippen LogP contribution in [0.25, 0.3) is 0 Å². The summed E-state index contributed by atoms with van der Waals surface area (Å²) in [5.41, 5.74) is 5.66. The molecule has 2 unspecified atom stereocenters. The Morgan fingerprint density at radius 3 is 2.71 bits per heavy atom. The van der Waals surface area contributed by atoms with Gasteiger partial charge in [0.15, 0.2) is 0 Å². The second-order valence-electron chi connectivity index (χ2n) is 4.21. The van der Waals surface area contributed by atoms with Gasteiger partial charge in [-0.05, 0) is 33.1 Å². The first kappa shape index (κ1) is 11.5. The molecule has 0 saturated carbocycles. The van der Waals surface area contributed by atoms with Gasteiger partial charge in [0, 0.05) is 6.04 Å². The van der Waals surface area contributed by atoms with Crippen molar-refractivity contribution in [3.8, 4) is 0 Å². The molecule has 0 spiro atoms. The molecule has 0 radical (unpaired) electrons. The van der Waals surface area contributed by atoms with Crippen molar-refractivity contribution < 1.29 is 14.6 Å². The van der Waals surface area contributed by atoms with Crippen molar-refractivity contribution in [2.75, 3.05) is 0 Å². The standard InChI is InChI=1S/C10H19NO3/c1-6(11)5-8-3-4-9(14-8)7(2)10(12)13/h6-9H,3-5,11H2,1-2H3,(H,12,13)/t6-,7?,8-,9?/m0/s1. The molecule has 4 atom stereocenters. The van der Waals surface area contributed by atoms with Crippen LogP contribution in [0.2, 0.25) is 0 Å². The summed E-state index contributed by atoms with van der Waals surface area (Å²) in [6.07, 6.45) is 2.62. The maximum absolute atomic E-state index is 10.7. The number of ether oxygens (including phenoxy) is 1. The topological polar surface area (TPSA) is 72.5 Å². The molecule has 0 aromatic rings. The second-order valence-corrected chi connectivity index (χ2v) is 4.21. The third kappa shape index (κ3) is 2.96. The monoisotopic (exact) mass is 201 g/mol. The van der Waals surface area contributed by atoms with Crippen LogP contribution < -0.4 is 5.73 Å². The van der Waals surface area contributed by atoms with E-state index in [1.54, 1.807) is 6.92 Å². The molecular formula is C10H19NO3. The normalized spacial score (nSPS) is 31.4. The van der Waals surface area contributed by atoms with E-state index < -0.39 is 11.9 Å². The van der Waals surface area contributed by atoms with Crippen LogP contribution in [0.1, 0.15) is 33.1 Å². The Morgan fingerprint density at radius 2 is 2.21 bits per heavy atom. The van der Waals surface area contributed by atoms with Crippen molar-refractivity contribution in [3.05, 3.63) is 0 Å². The van der Waals surface area contributed by atoms with E-state index in [0.717, 1.165) is 19.3 Å². The number of aliphatic carboxylic acids is 1. The lowest BCUT2D eigenvalue weighted by Crippen LogP contribution is -2.28. The molecule has 3 N–H and O–H groups in total.